The molecule has 1 heterocycles. The van der Waals surface area contributed by atoms with Gasteiger partial charge in [-0.25, -0.2) is 0 Å². The highest BCUT2D eigenvalue weighted by molar-refractivity contribution is 6.17. The van der Waals surface area contributed by atoms with E-state index in [1.807, 2.05) is 0 Å². The number of alkyl halides is 1. The lowest BCUT2D eigenvalue weighted by Gasteiger charge is -2.16. The van der Waals surface area contributed by atoms with Crippen LogP contribution >= 0.6 is 11.6 Å². The number of carbonyl (C=O) groups excluding carboxylic acids is 2. The van der Waals surface area contributed by atoms with E-state index in [1.54, 1.807) is 0 Å². The van der Waals surface area contributed by atoms with E-state index in [-0.39, 0.29) is 23.7 Å². The minimum absolute atomic E-state index is 0.0477. The summed E-state index contributed by atoms with van der Waals surface area (Å²) >= 11 is 5.61. The molecule has 0 radical (unpaired) electrons. The van der Waals surface area contributed by atoms with E-state index in [0.29, 0.717) is 24.3 Å². The maximum absolute atomic E-state index is 12.2. The molecule has 4 heteroatoms. The van der Waals surface area contributed by atoms with E-state index in [0.717, 1.165) is 19.3 Å². The molecule has 17 heavy (non-hydrogen) atoms. The smallest absolute Gasteiger partial charge is 0.233 e. The van der Waals surface area contributed by atoms with Crippen molar-refractivity contribution < 1.29 is 9.59 Å². The summed E-state index contributed by atoms with van der Waals surface area (Å²) in [5.41, 5.74) is 0. The Morgan fingerprint density at radius 3 is 2.24 bits per heavy atom. The normalized spacial score (nSPS) is 38.3. The largest absolute Gasteiger partial charge is 0.282 e. The number of carbonyl (C=O) groups is 2. The van der Waals surface area contributed by atoms with Crippen molar-refractivity contribution in [2.24, 2.45) is 23.7 Å². The topological polar surface area (TPSA) is 37.4 Å². The standard InChI is InChI=1S/C13H16ClNO2/c14-5-1-2-6-15-12(16)10-8-3-4-9(7-8)11(10)13(15)17/h3-4,8-11H,1-2,5-7H2. The van der Waals surface area contributed by atoms with Crippen molar-refractivity contribution in [1.82, 2.24) is 4.90 Å². The zero-order valence-corrected chi connectivity index (χ0v) is 10.4. The number of hydrogen-bond acceptors (Lipinski definition) is 2. The number of unbranched alkanes of at least 4 members (excludes halogenated alkanes) is 1. The van der Waals surface area contributed by atoms with Crippen LogP contribution in [0.3, 0.4) is 0 Å². The van der Waals surface area contributed by atoms with Crippen molar-refractivity contribution in [3.8, 4) is 0 Å². The molecule has 3 nitrogen and oxygen atoms in total. The zero-order valence-electron chi connectivity index (χ0n) is 9.64. The second-order valence-corrected chi connectivity index (χ2v) is 5.60. The first-order valence-corrected chi connectivity index (χ1v) is 6.87. The summed E-state index contributed by atoms with van der Waals surface area (Å²) in [4.78, 5) is 25.9. The number of likely N-dealkylation sites (tertiary alicyclic amines) is 1. The van der Waals surface area contributed by atoms with E-state index in [4.69, 9.17) is 11.6 Å². The van der Waals surface area contributed by atoms with Crippen molar-refractivity contribution in [2.75, 3.05) is 12.4 Å². The second kappa shape index (κ2) is 4.13. The molecule has 92 valence electrons. The maximum atomic E-state index is 12.2. The van der Waals surface area contributed by atoms with Gasteiger partial charge >= 0.3 is 0 Å². The fourth-order valence-corrected chi connectivity index (χ4v) is 3.74. The van der Waals surface area contributed by atoms with Crippen LogP contribution in [-0.4, -0.2) is 29.1 Å². The van der Waals surface area contributed by atoms with Crippen LogP contribution in [0.5, 0.6) is 0 Å². The van der Waals surface area contributed by atoms with E-state index < -0.39 is 0 Å². The Labute approximate surface area is 106 Å². The first-order valence-electron chi connectivity index (χ1n) is 6.33. The second-order valence-electron chi connectivity index (χ2n) is 5.22. The Bertz CT molecular complexity index is 363. The van der Waals surface area contributed by atoms with E-state index >= 15 is 0 Å². The van der Waals surface area contributed by atoms with Crippen LogP contribution < -0.4 is 0 Å². The lowest BCUT2D eigenvalue weighted by molar-refractivity contribution is -0.140. The van der Waals surface area contributed by atoms with Crippen molar-refractivity contribution in [3.05, 3.63) is 12.2 Å². The summed E-state index contributed by atoms with van der Waals surface area (Å²) in [6, 6.07) is 0. The van der Waals surface area contributed by atoms with Gasteiger partial charge in [-0.3, -0.25) is 14.5 Å². The number of hydrogen-bond donors (Lipinski definition) is 0. The Balaban J connectivity index is 1.74. The number of fused-ring (bicyclic) bond motifs is 5. The highest BCUT2D eigenvalue weighted by Crippen LogP contribution is 2.52. The highest BCUT2D eigenvalue weighted by Gasteiger charge is 2.58. The molecule has 0 aromatic rings. The van der Waals surface area contributed by atoms with Crippen LogP contribution in [0, 0.1) is 23.7 Å². The van der Waals surface area contributed by atoms with Crippen LogP contribution in [-0.2, 0) is 9.59 Å². The van der Waals surface area contributed by atoms with Crippen LogP contribution in [0.25, 0.3) is 0 Å². The van der Waals surface area contributed by atoms with Crippen molar-refractivity contribution in [1.29, 1.82) is 0 Å². The van der Waals surface area contributed by atoms with Gasteiger partial charge in [0.05, 0.1) is 11.8 Å². The van der Waals surface area contributed by atoms with Crippen molar-refractivity contribution >= 4 is 23.4 Å². The van der Waals surface area contributed by atoms with E-state index in [9.17, 15) is 9.59 Å². The summed E-state index contributed by atoms with van der Waals surface area (Å²) in [6.07, 6.45) is 6.93. The lowest BCUT2D eigenvalue weighted by Crippen LogP contribution is -2.33. The molecule has 0 aromatic heterocycles. The summed E-state index contributed by atoms with van der Waals surface area (Å²) in [5, 5.41) is 0. The molecule has 1 saturated carbocycles. The first kappa shape index (κ1) is 11.3. The van der Waals surface area contributed by atoms with E-state index in [1.165, 1.54) is 4.90 Å². The third kappa shape index (κ3) is 1.55. The molecule has 3 rings (SSSR count). The number of amides is 2. The fourth-order valence-electron chi connectivity index (χ4n) is 3.55. The summed E-state index contributed by atoms with van der Waals surface area (Å²) in [7, 11) is 0. The number of rotatable bonds is 4. The third-order valence-electron chi connectivity index (χ3n) is 4.33. The zero-order chi connectivity index (χ0) is 12.0. The number of imide groups is 1. The van der Waals surface area contributed by atoms with Gasteiger partial charge in [-0.05, 0) is 31.1 Å². The van der Waals surface area contributed by atoms with Gasteiger partial charge in [0.15, 0.2) is 0 Å². The molecule has 2 fully saturated rings. The van der Waals surface area contributed by atoms with Crippen molar-refractivity contribution in [3.63, 3.8) is 0 Å². The van der Waals surface area contributed by atoms with Crippen LogP contribution in [0.15, 0.2) is 12.2 Å². The predicted molar refractivity (Wildman–Crippen MR) is 64.4 cm³/mol. The minimum Gasteiger partial charge on any atom is -0.282 e. The lowest BCUT2D eigenvalue weighted by atomic mass is 9.85. The number of halogens is 1. The molecule has 4 unspecified atom stereocenters. The SMILES string of the molecule is O=C1C2C3C=CC(C3)C2C(=O)N1CCCCCl. The number of allylic oxidation sites excluding steroid dienone is 2. The Hall–Kier alpha value is -0.830. The van der Waals surface area contributed by atoms with Gasteiger partial charge in [-0.15, -0.1) is 11.6 Å². The summed E-state index contributed by atoms with van der Waals surface area (Å²) in [5.74, 6) is 1.26. The molecule has 2 amide bonds. The Morgan fingerprint density at radius 1 is 1.12 bits per heavy atom. The van der Waals surface area contributed by atoms with Gasteiger partial charge in [0.2, 0.25) is 11.8 Å². The molecule has 1 saturated heterocycles. The predicted octanol–water partition coefficient (Wildman–Crippen LogP) is 1.81. The molecule has 2 aliphatic carbocycles. The van der Waals surface area contributed by atoms with Crippen LogP contribution in [0.2, 0.25) is 0 Å². The monoisotopic (exact) mass is 253 g/mol. The highest BCUT2D eigenvalue weighted by atomic mass is 35.5. The van der Waals surface area contributed by atoms with Gasteiger partial charge in [-0.2, -0.15) is 0 Å². The Morgan fingerprint density at radius 2 is 1.71 bits per heavy atom. The maximum Gasteiger partial charge on any atom is 0.233 e. The number of nitrogens with zero attached hydrogens (tertiary/aromatic N) is 1. The third-order valence-corrected chi connectivity index (χ3v) is 4.59. The van der Waals surface area contributed by atoms with Gasteiger partial charge in [0.1, 0.15) is 0 Å². The average molecular weight is 254 g/mol. The van der Waals surface area contributed by atoms with Gasteiger partial charge in [0, 0.05) is 12.4 Å². The molecule has 0 N–H and O–H groups in total. The molecular formula is C13H16ClNO2. The molecule has 2 bridgehead atoms. The first-order chi connectivity index (χ1) is 8.24. The molecule has 0 aromatic carbocycles. The summed E-state index contributed by atoms with van der Waals surface area (Å²) in [6.45, 7) is 0.552. The quantitative estimate of drug-likeness (QED) is 0.332. The van der Waals surface area contributed by atoms with Gasteiger partial charge in [0.25, 0.3) is 0 Å². The molecule has 1 aliphatic heterocycles. The summed E-state index contributed by atoms with van der Waals surface area (Å²) < 4.78 is 0. The molecule has 3 aliphatic rings. The molecular weight excluding hydrogens is 238 g/mol. The van der Waals surface area contributed by atoms with Crippen LogP contribution in [0.4, 0.5) is 0 Å². The van der Waals surface area contributed by atoms with Crippen molar-refractivity contribution in [2.45, 2.75) is 19.3 Å². The average Bonchev–Trinajstić information content (AvgIpc) is 2.97. The van der Waals surface area contributed by atoms with Crippen LogP contribution in [0.1, 0.15) is 19.3 Å². The van der Waals surface area contributed by atoms with Gasteiger partial charge in [-0.1, -0.05) is 12.2 Å². The minimum atomic E-state index is -0.0477. The Kier molecular flexibility index (Phi) is 2.74. The van der Waals surface area contributed by atoms with E-state index in [2.05, 4.69) is 12.2 Å². The molecule has 4 atom stereocenters. The molecule has 0 spiro atoms. The fraction of sp³-hybridized carbons (Fsp3) is 0.692. The van der Waals surface area contributed by atoms with Gasteiger partial charge < -0.3 is 0 Å².